The van der Waals surface area contributed by atoms with Crippen LogP contribution in [0.25, 0.3) is 0 Å². The predicted molar refractivity (Wildman–Crippen MR) is 83.2 cm³/mol. The maximum Gasteiger partial charge on any atom is 0.150 e. The topological polar surface area (TPSA) is 59.3 Å². The first-order chi connectivity index (χ1) is 9.69. The van der Waals surface area contributed by atoms with Gasteiger partial charge >= 0.3 is 0 Å². The van der Waals surface area contributed by atoms with Gasteiger partial charge in [-0.2, -0.15) is 0 Å². The van der Waals surface area contributed by atoms with Gasteiger partial charge in [0.25, 0.3) is 0 Å². The van der Waals surface area contributed by atoms with Gasteiger partial charge < -0.3 is 9.67 Å². The Morgan fingerprint density at radius 2 is 1.90 bits per heavy atom. The van der Waals surface area contributed by atoms with Crippen molar-refractivity contribution < 1.29 is 13.5 Å². The minimum Gasteiger partial charge on any atom is -0.388 e. The summed E-state index contributed by atoms with van der Waals surface area (Å²) in [6, 6.07) is 2.36. The van der Waals surface area contributed by atoms with Crippen molar-refractivity contribution in [1.82, 2.24) is 4.57 Å². The van der Waals surface area contributed by atoms with Crippen molar-refractivity contribution in [2.45, 2.75) is 58.6 Å². The highest BCUT2D eigenvalue weighted by Gasteiger charge is 2.36. The number of rotatable bonds is 1. The average Bonchev–Trinajstić information content (AvgIpc) is 2.65. The molecule has 0 radical (unpaired) electrons. The van der Waals surface area contributed by atoms with E-state index in [4.69, 9.17) is 0 Å². The summed E-state index contributed by atoms with van der Waals surface area (Å²) in [5.74, 6) is 0.575. The maximum absolute atomic E-state index is 11.6. The zero-order valence-corrected chi connectivity index (χ0v) is 13.9. The van der Waals surface area contributed by atoms with E-state index in [2.05, 4.69) is 31.4 Å². The maximum atomic E-state index is 11.6. The van der Waals surface area contributed by atoms with Crippen LogP contribution in [0.1, 0.15) is 62.2 Å². The number of aromatic nitrogens is 1. The van der Waals surface area contributed by atoms with Gasteiger partial charge in [-0.3, -0.25) is 0 Å². The molecule has 1 fully saturated rings. The van der Waals surface area contributed by atoms with Crippen LogP contribution in [-0.4, -0.2) is 29.6 Å². The molecule has 1 saturated heterocycles. The van der Waals surface area contributed by atoms with E-state index in [1.807, 2.05) is 0 Å². The number of aliphatic hydroxyl groups excluding tert-OH is 1. The summed E-state index contributed by atoms with van der Waals surface area (Å²) in [6.45, 7) is 6.45. The number of hydrogen-bond donors (Lipinski definition) is 1. The molecule has 1 aliphatic heterocycles. The lowest BCUT2D eigenvalue weighted by Gasteiger charge is -2.36. The van der Waals surface area contributed by atoms with E-state index in [1.54, 1.807) is 0 Å². The second kappa shape index (κ2) is 4.85. The predicted octanol–water partition coefficient (Wildman–Crippen LogP) is 2.55. The molecule has 0 amide bonds. The van der Waals surface area contributed by atoms with E-state index in [-0.39, 0.29) is 23.0 Å². The molecule has 0 bridgehead atoms. The van der Waals surface area contributed by atoms with E-state index in [9.17, 15) is 13.5 Å². The molecule has 0 spiro atoms. The number of nitrogens with zero attached hydrogens (tertiary/aromatic N) is 1. The Bertz CT molecular complexity index is 643. The third kappa shape index (κ3) is 2.78. The van der Waals surface area contributed by atoms with Gasteiger partial charge in [-0.15, -0.1) is 0 Å². The lowest BCUT2D eigenvalue weighted by Crippen LogP contribution is -2.31. The molecule has 1 aromatic heterocycles. The molecule has 118 valence electrons. The molecule has 1 N–H and O–H groups in total. The smallest absolute Gasteiger partial charge is 0.150 e. The van der Waals surface area contributed by atoms with Gasteiger partial charge in [0.2, 0.25) is 0 Å². The Labute approximate surface area is 127 Å². The number of hydrogen-bond acceptors (Lipinski definition) is 3. The first-order valence-corrected chi connectivity index (χ1v) is 9.60. The van der Waals surface area contributed by atoms with Crippen LogP contribution in [0.2, 0.25) is 0 Å². The molecule has 1 aliphatic carbocycles. The zero-order valence-electron chi connectivity index (χ0n) is 13.1. The summed E-state index contributed by atoms with van der Waals surface area (Å²) in [6.07, 6.45) is 2.75. The first kappa shape index (κ1) is 15.1. The average molecular weight is 311 g/mol. The third-order valence-electron chi connectivity index (χ3n) is 5.01. The largest absolute Gasteiger partial charge is 0.388 e. The van der Waals surface area contributed by atoms with Gasteiger partial charge in [-0.05, 0) is 44.1 Å². The van der Waals surface area contributed by atoms with Crippen LogP contribution in [0.5, 0.6) is 0 Å². The van der Waals surface area contributed by atoms with Crippen molar-refractivity contribution in [2.75, 3.05) is 11.5 Å². The quantitative estimate of drug-likeness (QED) is 0.867. The molecular weight excluding hydrogens is 286 g/mol. The van der Waals surface area contributed by atoms with Gasteiger partial charge in [0.15, 0.2) is 0 Å². The van der Waals surface area contributed by atoms with Crippen molar-refractivity contribution in [1.29, 1.82) is 0 Å². The minimum atomic E-state index is -2.84. The van der Waals surface area contributed by atoms with Crippen molar-refractivity contribution >= 4 is 9.84 Å². The molecule has 0 aromatic carbocycles. The Hall–Kier alpha value is -0.810. The number of fused-ring (bicyclic) bond motifs is 1. The van der Waals surface area contributed by atoms with Crippen molar-refractivity contribution in [3.8, 4) is 0 Å². The fourth-order valence-corrected chi connectivity index (χ4v) is 5.48. The van der Waals surface area contributed by atoms with Crippen LogP contribution in [-0.2, 0) is 16.3 Å². The van der Waals surface area contributed by atoms with E-state index >= 15 is 0 Å². The molecule has 0 saturated carbocycles. The Balaban J connectivity index is 1.97. The summed E-state index contributed by atoms with van der Waals surface area (Å²) in [5, 5.41) is 10.4. The van der Waals surface area contributed by atoms with Crippen molar-refractivity contribution in [2.24, 2.45) is 5.41 Å². The summed E-state index contributed by atoms with van der Waals surface area (Å²) < 4.78 is 25.6. The normalized spacial score (nSPS) is 28.3. The summed E-state index contributed by atoms with van der Waals surface area (Å²) in [4.78, 5) is 0. The van der Waals surface area contributed by atoms with Crippen LogP contribution in [0.4, 0.5) is 0 Å². The molecule has 1 unspecified atom stereocenters. The van der Waals surface area contributed by atoms with Gasteiger partial charge in [0, 0.05) is 23.0 Å². The van der Waals surface area contributed by atoms with E-state index in [0.717, 1.165) is 24.1 Å². The monoisotopic (exact) mass is 311 g/mol. The van der Waals surface area contributed by atoms with Crippen molar-refractivity contribution in [3.63, 3.8) is 0 Å². The van der Waals surface area contributed by atoms with Crippen LogP contribution in [0.3, 0.4) is 0 Å². The molecule has 4 nitrogen and oxygen atoms in total. The fraction of sp³-hybridized carbons (Fsp3) is 0.750. The molecule has 1 atom stereocenters. The number of aryl methyl sites for hydroxylation is 1. The van der Waals surface area contributed by atoms with E-state index < -0.39 is 15.9 Å². The second-order valence-electron chi connectivity index (χ2n) is 7.50. The third-order valence-corrected chi connectivity index (χ3v) is 6.72. The van der Waals surface area contributed by atoms with Gasteiger partial charge in [0.05, 0.1) is 17.6 Å². The molecular formula is C16H25NO3S. The van der Waals surface area contributed by atoms with Crippen LogP contribution in [0.15, 0.2) is 6.07 Å². The molecule has 5 heteroatoms. The molecule has 3 rings (SSSR count). The highest BCUT2D eigenvalue weighted by molar-refractivity contribution is 7.91. The summed E-state index contributed by atoms with van der Waals surface area (Å²) in [5.41, 5.74) is 3.53. The summed E-state index contributed by atoms with van der Waals surface area (Å²) in [7, 11) is -2.84. The highest BCUT2D eigenvalue weighted by atomic mass is 32.2. The molecule has 2 aliphatic rings. The number of sulfone groups is 1. The highest BCUT2D eigenvalue weighted by Crippen LogP contribution is 2.43. The second-order valence-corrected chi connectivity index (χ2v) is 9.81. The first-order valence-electron chi connectivity index (χ1n) is 7.78. The Kier molecular flexibility index (Phi) is 3.49. The standard InChI is InChI=1S/C16H25NO3S/c1-11-8-13-14(9-16(2,3)10-15(13)18)17(11)12-4-6-21(19,20)7-5-12/h8,12,15,18H,4-7,9-10H2,1-3H3. The molecule has 2 heterocycles. The zero-order chi connectivity index (χ0) is 15.4. The lowest BCUT2D eigenvalue weighted by atomic mass is 9.75. The van der Waals surface area contributed by atoms with E-state index in [1.165, 1.54) is 5.69 Å². The van der Waals surface area contributed by atoms with Gasteiger partial charge in [0.1, 0.15) is 9.84 Å². The van der Waals surface area contributed by atoms with E-state index in [0.29, 0.717) is 12.8 Å². The fourth-order valence-electron chi connectivity index (χ4n) is 4.01. The molecule has 1 aromatic rings. The lowest BCUT2D eigenvalue weighted by molar-refractivity contribution is 0.0973. The van der Waals surface area contributed by atoms with Crippen LogP contribution >= 0.6 is 0 Å². The number of aliphatic hydroxyl groups is 1. The summed E-state index contributed by atoms with van der Waals surface area (Å²) >= 11 is 0. The van der Waals surface area contributed by atoms with Crippen molar-refractivity contribution in [3.05, 3.63) is 23.0 Å². The molecule has 21 heavy (non-hydrogen) atoms. The van der Waals surface area contributed by atoms with Gasteiger partial charge in [-0.25, -0.2) is 8.42 Å². The van der Waals surface area contributed by atoms with Gasteiger partial charge in [-0.1, -0.05) is 13.8 Å². The SMILES string of the molecule is Cc1cc2c(n1C1CCS(=O)(=O)CC1)CC(C)(C)CC2O. The minimum absolute atomic E-state index is 0.0930. The van der Waals surface area contributed by atoms with Crippen LogP contribution in [0, 0.1) is 12.3 Å². The van der Waals surface area contributed by atoms with Crippen LogP contribution < -0.4 is 0 Å². The Morgan fingerprint density at radius 3 is 2.52 bits per heavy atom. The Morgan fingerprint density at radius 1 is 1.29 bits per heavy atom.